The number of hydrogen-bond donors (Lipinski definition) is 1. The lowest BCUT2D eigenvalue weighted by atomic mass is 10.0. The lowest BCUT2D eigenvalue weighted by Gasteiger charge is -2.18. The van der Waals surface area contributed by atoms with Crippen molar-refractivity contribution in [3.63, 3.8) is 0 Å². The van der Waals surface area contributed by atoms with E-state index < -0.39 is 25.2 Å². The highest BCUT2D eigenvalue weighted by Gasteiger charge is 2.22. The van der Waals surface area contributed by atoms with Crippen molar-refractivity contribution in [3.8, 4) is 0 Å². The Hall–Kier alpha value is -1.35. The molecule has 3 heteroatoms. The van der Waals surface area contributed by atoms with Crippen LogP contribution in [0.4, 0.5) is 4.39 Å². The molecule has 2 nitrogen and oxygen atoms in total. The highest BCUT2D eigenvalue weighted by atomic mass is 19.1. The molecule has 1 aromatic heterocycles. The summed E-state index contributed by atoms with van der Waals surface area (Å²) in [5, 5.41) is 0.199. The molecular weight excluding hydrogens is 215 g/mol. The predicted octanol–water partition coefficient (Wildman–Crippen LogP) is 2.94. The van der Waals surface area contributed by atoms with E-state index in [2.05, 4.69) is 4.98 Å². The van der Waals surface area contributed by atoms with Gasteiger partial charge in [-0.1, -0.05) is 6.07 Å². The summed E-state index contributed by atoms with van der Waals surface area (Å²) in [6.07, 6.45) is 0.551. The number of likely N-dealkylation sites (N-methyl/N-ethyl adjacent to an activating group) is 1. The Labute approximate surface area is 107 Å². The van der Waals surface area contributed by atoms with Gasteiger partial charge >= 0.3 is 0 Å². The molecule has 0 aliphatic carbocycles. The summed E-state index contributed by atoms with van der Waals surface area (Å²) in [5.41, 5.74) is 0.694. The predicted molar refractivity (Wildman–Crippen MR) is 67.6 cm³/mol. The molecule has 1 aromatic carbocycles. The van der Waals surface area contributed by atoms with Gasteiger partial charge < -0.3 is 9.88 Å². The summed E-state index contributed by atoms with van der Waals surface area (Å²) >= 11 is 0. The van der Waals surface area contributed by atoms with Crippen molar-refractivity contribution in [2.45, 2.75) is 25.3 Å². The van der Waals surface area contributed by atoms with Crippen LogP contribution in [0.2, 0.25) is 0 Å². The summed E-state index contributed by atoms with van der Waals surface area (Å²) in [4.78, 5) is 4.09. The van der Waals surface area contributed by atoms with Gasteiger partial charge in [-0.15, -0.1) is 0 Å². The van der Waals surface area contributed by atoms with E-state index in [1.165, 1.54) is 17.2 Å². The minimum Gasteiger partial charge on any atom is -0.361 e. The van der Waals surface area contributed by atoms with Crippen molar-refractivity contribution in [1.82, 2.24) is 9.88 Å². The van der Waals surface area contributed by atoms with E-state index in [1.807, 2.05) is 0 Å². The third kappa shape index (κ3) is 1.84. The van der Waals surface area contributed by atoms with E-state index in [9.17, 15) is 4.39 Å². The van der Waals surface area contributed by atoms with Gasteiger partial charge in [0.25, 0.3) is 0 Å². The van der Waals surface area contributed by atoms with Gasteiger partial charge in [-0.25, -0.2) is 4.39 Å². The zero-order valence-electron chi connectivity index (χ0n) is 14.3. The number of fused-ring (bicyclic) bond motifs is 1. The molecule has 0 spiro atoms. The first-order valence-corrected chi connectivity index (χ1v) is 5.76. The molecule has 1 saturated heterocycles. The number of benzene rings is 1. The smallest absolute Gasteiger partial charge is 0.132 e. The quantitative estimate of drug-likeness (QED) is 0.851. The van der Waals surface area contributed by atoms with Crippen molar-refractivity contribution in [2.75, 3.05) is 13.5 Å². The lowest BCUT2D eigenvalue weighted by molar-refractivity contribution is 0.309. The van der Waals surface area contributed by atoms with E-state index in [0.29, 0.717) is 24.9 Å². The van der Waals surface area contributed by atoms with Gasteiger partial charge in [0.2, 0.25) is 0 Å². The molecule has 0 saturated carbocycles. The minimum absolute atomic E-state index is 0.182. The van der Waals surface area contributed by atoms with Crippen LogP contribution in [0.1, 0.15) is 25.3 Å². The second-order valence-electron chi connectivity index (χ2n) is 4.36. The molecular formula is C14H17FN2. The molecule has 0 bridgehead atoms. The number of rotatable bonds is 2. The topological polar surface area (TPSA) is 19.0 Å². The van der Waals surface area contributed by atoms with E-state index in [1.54, 1.807) is 12.1 Å². The monoisotopic (exact) mass is 237 g/mol. The molecule has 1 atom stereocenters. The maximum atomic E-state index is 14.1. The molecule has 1 N–H and O–H groups in total. The van der Waals surface area contributed by atoms with E-state index in [4.69, 9.17) is 6.85 Å². The molecule has 17 heavy (non-hydrogen) atoms. The highest BCUT2D eigenvalue weighted by molar-refractivity contribution is 5.83. The molecule has 1 fully saturated rings. The first-order chi connectivity index (χ1) is 10.2. The van der Waals surface area contributed by atoms with E-state index in [0.717, 1.165) is 0 Å². The third-order valence-corrected chi connectivity index (χ3v) is 3.23. The fourth-order valence-corrected chi connectivity index (χ4v) is 2.35. The molecule has 90 valence electrons. The lowest BCUT2D eigenvalue weighted by Crippen LogP contribution is -2.26. The Morgan fingerprint density at radius 3 is 3.47 bits per heavy atom. The number of aromatic nitrogens is 1. The van der Waals surface area contributed by atoms with Gasteiger partial charge in [0.05, 0.1) is 0 Å². The largest absolute Gasteiger partial charge is 0.361 e. The zero-order valence-corrected chi connectivity index (χ0v) is 9.33. The third-order valence-electron chi connectivity index (χ3n) is 3.23. The van der Waals surface area contributed by atoms with Crippen LogP contribution in [0.25, 0.3) is 10.9 Å². The summed E-state index contributed by atoms with van der Waals surface area (Å²) < 4.78 is 53.8. The van der Waals surface area contributed by atoms with Crippen LogP contribution in [-0.2, 0) is 6.37 Å². The standard InChI is InChI=1S/C14H17FN2/c1-17-7-3-4-11(17)8-10-9-16-13-6-2-5-12(15)14(10)13/h2,5-6,9,11,16H,3-4,7-8H2,1H3/t11-/m1/s1/i1D3,8D2. The van der Waals surface area contributed by atoms with Gasteiger partial charge in [-0.05, 0) is 50.4 Å². The SMILES string of the molecule is [2H]C([2H])(c1c[nH]c2cccc(F)c12)[C@H]1CCCN1C([2H])([2H])[2H]. The van der Waals surface area contributed by atoms with E-state index >= 15 is 0 Å². The average molecular weight is 237 g/mol. The van der Waals surface area contributed by atoms with Gasteiger partial charge in [-0.2, -0.15) is 0 Å². The maximum Gasteiger partial charge on any atom is 0.132 e. The number of aromatic amines is 1. The zero-order chi connectivity index (χ0) is 16.1. The number of hydrogen-bond acceptors (Lipinski definition) is 1. The van der Waals surface area contributed by atoms with Crippen molar-refractivity contribution >= 4 is 10.9 Å². The number of nitrogens with zero attached hydrogens (tertiary/aromatic N) is 1. The summed E-state index contributed by atoms with van der Waals surface area (Å²) in [6.45, 7) is -2.02. The molecule has 1 aliphatic rings. The number of H-pyrrole nitrogens is 1. The molecule has 0 radical (unpaired) electrons. The number of likely N-dealkylation sites (tertiary alicyclic amines) is 1. The van der Waals surface area contributed by atoms with E-state index in [-0.39, 0.29) is 10.9 Å². The summed E-state index contributed by atoms with van der Waals surface area (Å²) in [7, 11) is 0. The van der Waals surface area contributed by atoms with Crippen molar-refractivity contribution in [2.24, 2.45) is 0 Å². The van der Waals surface area contributed by atoms with Crippen molar-refractivity contribution in [3.05, 3.63) is 35.8 Å². The maximum absolute atomic E-state index is 14.1. The van der Waals surface area contributed by atoms with Crippen LogP contribution in [0.3, 0.4) is 0 Å². The Bertz CT molecular complexity index is 694. The Balaban J connectivity index is 2.08. The van der Waals surface area contributed by atoms with Crippen molar-refractivity contribution in [1.29, 1.82) is 0 Å². The molecule has 2 aromatic rings. The molecule has 2 heterocycles. The summed E-state index contributed by atoms with van der Waals surface area (Å²) in [6, 6.07) is 3.72. The van der Waals surface area contributed by atoms with Gasteiger partial charge in [-0.3, -0.25) is 0 Å². The first-order valence-electron chi connectivity index (χ1n) is 8.26. The molecule has 0 unspecified atom stereocenters. The van der Waals surface area contributed by atoms with Gasteiger partial charge in [0.1, 0.15) is 5.82 Å². The van der Waals surface area contributed by atoms with Crippen LogP contribution in [0, 0.1) is 5.82 Å². The summed E-state index contributed by atoms with van der Waals surface area (Å²) in [5.74, 6) is -0.504. The second kappa shape index (κ2) is 4.15. The Morgan fingerprint density at radius 2 is 2.59 bits per heavy atom. The molecule has 3 rings (SSSR count). The normalized spacial score (nSPS) is 27.4. The second-order valence-corrected chi connectivity index (χ2v) is 4.36. The minimum atomic E-state index is -2.35. The fourth-order valence-electron chi connectivity index (χ4n) is 2.35. The fraction of sp³-hybridized carbons (Fsp3) is 0.429. The number of nitrogens with one attached hydrogen (secondary N) is 1. The number of halogens is 1. The van der Waals surface area contributed by atoms with Crippen LogP contribution >= 0.6 is 0 Å². The van der Waals surface area contributed by atoms with Crippen LogP contribution < -0.4 is 0 Å². The average Bonchev–Trinajstić information content (AvgIpc) is 3.06. The molecule has 0 amide bonds. The van der Waals surface area contributed by atoms with Crippen LogP contribution in [-0.4, -0.2) is 29.4 Å². The highest BCUT2D eigenvalue weighted by Crippen LogP contribution is 2.26. The van der Waals surface area contributed by atoms with Crippen LogP contribution in [0.5, 0.6) is 0 Å². The Morgan fingerprint density at radius 1 is 1.65 bits per heavy atom. The molecule has 1 aliphatic heterocycles. The van der Waals surface area contributed by atoms with Gasteiger partial charge in [0, 0.05) is 30.0 Å². The van der Waals surface area contributed by atoms with Crippen molar-refractivity contribution < 1.29 is 11.2 Å². The van der Waals surface area contributed by atoms with Crippen LogP contribution in [0.15, 0.2) is 24.4 Å². The Kier molecular flexibility index (Phi) is 1.60. The van der Waals surface area contributed by atoms with Gasteiger partial charge in [0.15, 0.2) is 0 Å². The first kappa shape index (κ1) is 6.55.